The molecular formula is C15H15NO2. The molecule has 0 aliphatic rings. The third kappa shape index (κ3) is 2.51. The molecular weight excluding hydrogens is 226 g/mol. The molecule has 0 radical (unpaired) electrons. The highest BCUT2D eigenvalue weighted by Gasteiger charge is 2.10. The van der Waals surface area contributed by atoms with E-state index in [9.17, 15) is 9.90 Å². The zero-order valence-electron chi connectivity index (χ0n) is 10.4. The smallest absolute Gasteiger partial charge is 0.255 e. The quantitative estimate of drug-likeness (QED) is 0.847. The summed E-state index contributed by atoms with van der Waals surface area (Å²) in [6.45, 7) is 3.90. The summed E-state index contributed by atoms with van der Waals surface area (Å²) in [4.78, 5) is 12.1. The lowest BCUT2D eigenvalue weighted by Crippen LogP contribution is -2.13. The third-order valence-corrected chi connectivity index (χ3v) is 2.95. The number of phenolic OH excluding ortho intramolecular Hbond substituents is 1. The number of amides is 1. The van der Waals surface area contributed by atoms with Crippen molar-refractivity contribution in [2.24, 2.45) is 0 Å². The fourth-order valence-corrected chi connectivity index (χ4v) is 1.78. The summed E-state index contributed by atoms with van der Waals surface area (Å²) in [7, 11) is 0. The number of carbonyl (C=O) groups is 1. The van der Waals surface area contributed by atoms with Crippen molar-refractivity contribution in [2.75, 3.05) is 5.32 Å². The molecule has 18 heavy (non-hydrogen) atoms. The molecule has 92 valence electrons. The molecule has 2 rings (SSSR count). The van der Waals surface area contributed by atoms with Gasteiger partial charge in [-0.3, -0.25) is 4.79 Å². The maximum atomic E-state index is 12.1. The Morgan fingerprint density at radius 3 is 2.56 bits per heavy atom. The van der Waals surface area contributed by atoms with Gasteiger partial charge in [-0.1, -0.05) is 18.2 Å². The molecule has 0 bridgehead atoms. The lowest BCUT2D eigenvalue weighted by molar-refractivity contribution is 0.102. The number of hydrogen-bond donors (Lipinski definition) is 2. The second-order valence-corrected chi connectivity index (χ2v) is 4.25. The number of rotatable bonds is 2. The van der Waals surface area contributed by atoms with Crippen molar-refractivity contribution in [1.82, 2.24) is 0 Å². The van der Waals surface area contributed by atoms with E-state index in [1.54, 1.807) is 24.3 Å². The Morgan fingerprint density at radius 2 is 1.83 bits per heavy atom. The Hall–Kier alpha value is -2.29. The van der Waals surface area contributed by atoms with Gasteiger partial charge >= 0.3 is 0 Å². The Morgan fingerprint density at radius 1 is 1.11 bits per heavy atom. The van der Waals surface area contributed by atoms with Crippen molar-refractivity contribution in [1.29, 1.82) is 0 Å². The Labute approximate surface area is 106 Å². The predicted octanol–water partition coefficient (Wildman–Crippen LogP) is 3.26. The largest absolute Gasteiger partial charge is 0.508 e. The molecule has 0 aliphatic carbocycles. The third-order valence-electron chi connectivity index (χ3n) is 2.95. The van der Waals surface area contributed by atoms with Gasteiger partial charge in [0.2, 0.25) is 0 Å². The van der Waals surface area contributed by atoms with Gasteiger partial charge in [-0.25, -0.2) is 0 Å². The van der Waals surface area contributed by atoms with Crippen molar-refractivity contribution < 1.29 is 9.90 Å². The van der Waals surface area contributed by atoms with Crippen LogP contribution in [0.2, 0.25) is 0 Å². The summed E-state index contributed by atoms with van der Waals surface area (Å²) in [5, 5.41) is 12.1. The summed E-state index contributed by atoms with van der Waals surface area (Å²) in [6.07, 6.45) is 0. The number of phenols is 1. The molecule has 2 N–H and O–H groups in total. The number of hydrogen-bond acceptors (Lipinski definition) is 2. The SMILES string of the molecule is Cc1cccc(C(=O)Nc2cccc(O)c2)c1C. The van der Waals surface area contributed by atoms with E-state index in [0.29, 0.717) is 11.3 Å². The van der Waals surface area contributed by atoms with E-state index in [2.05, 4.69) is 5.32 Å². The van der Waals surface area contributed by atoms with Crippen LogP contribution in [0.4, 0.5) is 5.69 Å². The van der Waals surface area contributed by atoms with E-state index in [0.717, 1.165) is 11.1 Å². The number of aromatic hydroxyl groups is 1. The summed E-state index contributed by atoms with van der Waals surface area (Å²) < 4.78 is 0. The Kier molecular flexibility index (Phi) is 3.33. The second-order valence-electron chi connectivity index (χ2n) is 4.25. The molecule has 0 unspecified atom stereocenters. The van der Waals surface area contributed by atoms with Crippen LogP contribution in [0, 0.1) is 13.8 Å². The normalized spacial score (nSPS) is 10.1. The maximum absolute atomic E-state index is 12.1. The van der Waals surface area contributed by atoms with E-state index >= 15 is 0 Å². The molecule has 0 saturated carbocycles. The molecule has 0 aliphatic heterocycles. The second kappa shape index (κ2) is 4.92. The number of nitrogens with one attached hydrogen (secondary N) is 1. The summed E-state index contributed by atoms with van der Waals surface area (Å²) in [5.74, 6) is -0.0319. The number of anilines is 1. The molecule has 0 spiro atoms. The minimum atomic E-state index is -0.165. The van der Waals surface area contributed by atoms with Crippen LogP contribution in [0.15, 0.2) is 42.5 Å². The minimum Gasteiger partial charge on any atom is -0.508 e. The van der Waals surface area contributed by atoms with Crippen molar-refractivity contribution in [3.8, 4) is 5.75 Å². The molecule has 2 aromatic rings. The van der Waals surface area contributed by atoms with Crippen molar-refractivity contribution in [3.63, 3.8) is 0 Å². The van der Waals surface area contributed by atoms with Gasteiger partial charge in [-0.15, -0.1) is 0 Å². The molecule has 3 nitrogen and oxygen atoms in total. The van der Waals surface area contributed by atoms with Crippen LogP contribution in [0.1, 0.15) is 21.5 Å². The highest BCUT2D eigenvalue weighted by Crippen LogP contribution is 2.18. The van der Waals surface area contributed by atoms with Crippen molar-refractivity contribution in [2.45, 2.75) is 13.8 Å². The van der Waals surface area contributed by atoms with Gasteiger partial charge in [-0.05, 0) is 43.2 Å². The van der Waals surface area contributed by atoms with E-state index in [4.69, 9.17) is 0 Å². The lowest BCUT2D eigenvalue weighted by atomic mass is 10.0. The van der Waals surface area contributed by atoms with Crippen LogP contribution in [0.25, 0.3) is 0 Å². The molecule has 1 amide bonds. The van der Waals surface area contributed by atoms with Crippen molar-refractivity contribution >= 4 is 11.6 Å². The average molecular weight is 241 g/mol. The topological polar surface area (TPSA) is 49.3 Å². The van der Waals surface area contributed by atoms with Crippen LogP contribution in [-0.2, 0) is 0 Å². The van der Waals surface area contributed by atoms with Crippen LogP contribution >= 0.6 is 0 Å². The van der Waals surface area contributed by atoms with Crippen LogP contribution in [0.3, 0.4) is 0 Å². The molecule has 0 heterocycles. The van der Waals surface area contributed by atoms with Crippen LogP contribution in [0.5, 0.6) is 5.75 Å². The van der Waals surface area contributed by atoms with Gasteiger partial charge in [0.15, 0.2) is 0 Å². The van der Waals surface area contributed by atoms with E-state index in [1.165, 1.54) is 6.07 Å². The van der Waals surface area contributed by atoms with E-state index in [-0.39, 0.29) is 11.7 Å². The van der Waals surface area contributed by atoms with Crippen molar-refractivity contribution in [3.05, 3.63) is 59.2 Å². The number of aryl methyl sites for hydroxylation is 1. The first-order valence-corrected chi connectivity index (χ1v) is 5.74. The van der Waals surface area contributed by atoms with Gasteiger partial charge in [0.25, 0.3) is 5.91 Å². The fourth-order valence-electron chi connectivity index (χ4n) is 1.78. The summed E-state index contributed by atoms with van der Waals surface area (Å²) in [6, 6.07) is 12.1. The van der Waals surface area contributed by atoms with E-state index < -0.39 is 0 Å². The van der Waals surface area contributed by atoms with Crippen LogP contribution < -0.4 is 5.32 Å². The maximum Gasteiger partial charge on any atom is 0.255 e. The highest BCUT2D eigenvalue weighted by molar-refractivity contribution is 6.05. The first-order valence-electron chi connectivity index (χ1n) is 5.74. The zero-order valence-corrected chi connectivity index (χ0v) is 10.4. The highest BCUT2D eigenvalue weighted by atomic mass is 16.3. The summed E-state index contributed by atoms with van der Waals surface area (Å²) >= 11 is 0. The molecule has 0 aromatic heterocycles. The first-order chi connectivity index (χ1) is 8.58. The molecule has 3 heteroatoms. The monoisotopic (exact) mass is 241 g/mol. The molecule has 2 aromatic carbocycles. The van der Waals surface area contributed by atoms with Gasteiger partial charge in [0.1, 0.15) is 5.75 Å². The molecule has 0 fully saturated rings. The molecule has 0 atom stereocenters. The molecule has 0 saturated heterocycles. The van der Waals surface area contributed by atoms with Gasteiger partial charge in [0, 0.05) is 17.3 Å². The lowest BCUT2D eigenvalue weighted by Gasteiger charge is -2.09. The first kappa shape index (κ1) is 12.2. The standard InChI is InChI=1S/C15H15NO2/c1-10-5-3-8-14(11(10)2)15(18)16-12-6-4-7-13(17)9-12/h3-9,17H,1-2H3,(H,16,18). The van der Waals surface area contributed by atoms with Crippen LogP contribution in [-0.4, -0.2) is 11.0 Å². The average Bonchev–Trinajstić information content (AvgIpc) is 2.32. The summed E-state index contributed by atoms with van der Waals surface area (Å²) in [5.41, 5.74) is 3.29. The fraction of sp³-hybridized carbons (Fsp3) is 0.133. The van der Waals surface area contributed by atoms with E-state index in [1.807, 2.05) is 26.0 Å². The Balaban J connectivity index is 2.25. The van der Waals surface area contributed by atoms with Gasteiger partial charge in [0.05, 0.1) is 0 Å². The Bertz CT molecular complexity index is 591. The van der Waals surface area contributed by atoms with Gasteiger partial charge in [-0.2, -0.15) is 0 Å². The zero-order chi connectivity index (χ0) is 13.1. The minimum absolute atomic E-state index is 0.133. The number of carbonyl (C=O) groups excluding carboxylic acids is 1. The van der Waals surface area contributed by atoms with Gasteiger partial charge < -0.3 is 10.4 Å². The predicted molar refractivity (Wildman–Crippen MR) is 72.0 cm³/mol. The number of benzene rings is 2.